The molecule has 11 heavy (non-hydrogen) atoms. The van der Waals surface area contributed by atoms with Crippen molar-refractivity contribution in [3.8, 4) is 0 Å². The largest absolute Gasteiger partial charge is 0.106 e. The van der Waals surface area contributed by atoms with Gasteiger partial charge in [0.05, 0.1) is 0 Å². The van der Waals surface area contributed by atoms with Crippen LogP contribution in [-0.4, -0.2) is 0 Å². The minimum atomic E-state index is 1.18. The smallest absolute Gasteiger partial charge is 0.0219 e. The summed E-state index contributed by atoms with van der Waals surface area (Å²) in [5, 5.41) is 4.11. The molecule has 1 heteroatoms. The first-order valence-corrected chi connectivity index (χ1v) is 4.39. The fourth-order valence-electron chi connectivity index (χ4n) is 0.345. The van der Waals surface area contributed by atoms with Crippen LogP contribution in [0.2, 0.25) is 0 Å². The lowest BCUT2D eigenvalue weighted by Crippen LogP contribution is -1.63. The van der Waals surface area contributed by atoms with E-state index in [0.29, 0.717) is 0 Å². The normalized spacial score (nSPS) is 12.9. The van der Waals surface area contributed by atoms with Crippen LogP contribution in [-0.2, 0) is 0 Å². The topological polar surface area (TPSA) is 0 Å². The third-order valence-electron chi connectivity index (χ3n) is 1.15. The second kappa shape index (κ2) is 6.05. The minimum Gasteiger partial charge on any atom is -0.106 e. The summed E-state index contributed by atoms with van der Waals surface area (Å²) in [6.07, 6.45) is 3.67. The average molecular weight is 166 g/mol. The molecule has 0 N–H and O–H groups in total. The van der Waals surface area contributed by atoms with Crippen molar-refractivity contribution in [2.75, 3.05) is 0 Å². The fourth-order valence-corrected chi connectivity index (χ4v) is 1.03. The summed E-state index contributed by atoms with van der Waals surface area (Å²) >= 11 is 1.65. The molecule has 60 valence electrons. The van der Waals surface area contributed by atoms with Gasteiger partial charge in [-0.05, 0) is 35.8 Å². The summed E-state index contributed by atoms with van der Waals surface area (Å²) in [6, 6.07) is 0. The van der Waals surface area contributed by atoms with Crippen molar-refractivity contribution < 1.29 is 0 Å². The zero-order chi connectivity index (χ0) is 8.69. The highest BCUT2D eigenvalue weighted by Crippen LogP contribution is 2.11. The molecule has 0 bridgehead atoms. The van der Waals surface area contributed by atoms with Crippen LogP contribution < -0.4 is 0 Å². The molecule has 0 atom stereocenters. The van der Waals surface area contributed by atoms with E-state index in [0.717, 1.165) is 0 Å². The van der Waals surface area contributed by atoms with Crippen LogP contribution in [0.4, 0.5) is 0 Å². The first kappa shape index (κ1) is 10.3. The van der Waals surface area contributed by atoms with Crippen molar-refractivity contribution >= 4 is 11.8 Å². The van der Waals surface area contributed by atoms with E-state index in [2.05, 4.69) is 24.0 Å². The third-order valence-corrected chi connectivity index (χ3v) is 2.17. The Hall–Kier alpha value is -0.690. The maximum absolute atomic E-state index is 3.66. The Labute approximate surface area is 73.4 Å². The number of rotatable bonds is 4. The van der Waals surface area contributed by atoms with E-state index in [1.807, 2.05) is 26.0 Å². The Morgan fingerprint density at radius 2 is 1.36 bits per heavy atom. The van der Waals surface area contributed by atoms with Crippen molar-refractivity contribution in [2.24, 2.45) is 0 Å². The Bertz CT molecular complexity index is 175. The summed E-state index contributed by atoms with van der Waals surface area (Å²) in [4.78, 5) is 0. The molecule has 0 nitrogen and oxygen atoms in total. The van der Waals surface area contributed by atoms with Crippen molar-refractivity contribution in [1.29, 1.82) is 0 Å². The fraction of sp³-hybridized carbons (Fsp3) is 0.200. The van der Waals surface area contributed by atoms with Gasteiger partial charge in [0.2, 0.25) is 0 Å². The molecule has 0 unspecified atom stereocenters. The monoisotopic (exact) mass is 166 g/mol. The van der Waals surface area contributed by atoms with E-state index in [1.165, 1.54) is 11.1 Å². The van der Waals surface area contributed by atoms with Gasteiger partial charge in [0.25, 0.3) is 0 Å². The average Bonchev–Trinajstić information content (AvgIpc) is 2.04. The van der Waals surface area contributed by atoms with Gasteiger partial charge in [-0.25, -0.2) is 0 Å². The molecule has 0 amide bonds. The van der Waals surface area contributed by atoms with E-state index < -0.39 is 0 Å². The molecule has 0 heterocycles. The quantitative estimate of drug-likeness (QED) is 0.571. The minimum absolute atomic E-state index is 1.18. The summed E-state index contributed by atoms with van der Waals surface area (Å²) < 4.78 is 0. The van der Waals surface area contributed by atoms with Crippen LogP contribution in [0.5, 0.6) is 0 Å². The Balaban J connectivity index is 3.89. The summed E-state index contributed by atoms with van der Waals surface area (Å²) in [5.74, 6) is 0. The Morgan fingerprint density at radius 1 is 1.00 bits per heavy atom. The highest BCUT2D eigenvalue weighted by Gasteiger charge is 1.80. The zero-order valence-corrected chi connectivity index (χ0v) is 7.95. The van der Waals surface area contributed by atoms with Crippen molar-refractivity contribution in [3.63, 3.8) is 0 Å². The lowest BCUT2D eigenvalue weighted by Gasteiger charge is -1.89. The number of hydrogen-bond acceptors (Lipinski definition) is 1. The number of thioether (sulfide) groups is 1. The summed E-state index contributed by atoms with van der Waals surface area (Å²) in [6.45, 7) is 11.4. The van der Waals surface area contributed by atoms with E-state index in [1.54, 1.807) is 11.8 Å². The highest BCUT2D eigenvalue weighted by molar-refractivity contribution is 8.04. The van der Waals surface area contributed by atoms with Crippen LogP contribution in [0.1, 0.15) is 13.8 Å². The summed E-state index contributed by atoms with van der Waals surface area (Å²) in [5.41, 5.74) is 2.37. The van der Waals surface area contributed by atoms with Crippen molar-refractivity contribution in [2.45, 2.75) is 13.8 Å². The van der Waals surface area contributed by atoms with Crippen LogP contribution >= 0.6 is 11.8 Å². The third kappa shape index (κ3) is 5.74. The van der Waals surface area contributed by atoms with Gasteiger partial charge in [-0.3, -0.25) is 0 Å². The lowest BCUT2D eigenvalue weighted by atomic mass is 10.4. The molecule has 0 aromatic carbocycles. The lowest BCUT2D eigenvalue weighted by molar-refractivity contribution is 1.56. The van der Waals surface area contributed by atoms with Crippen LogP contribution in [0.3, 0.4) is 0 Å². The highest BCUT2D eigenvalue weighted by atomic mass is 32.2. The molecule has 0 spiro atoms. The molecule has 0 rings (SSSR count). The molecule has 0 saturated carbocycles. The molecule has 0 aliphatic rings. The standard InChI is InChI=1S/C10H14S/c1-5-9(3)7-11-8-10(4)6-2/h5-8H,1-2H2,3-4H3/b9-7-,10-8+. The van der Waals surface area contributed by atoms with Gasteiger partial charge in [-0.2, -0.15) is 0 Å². The number of hydrogen-bond donors (Lipinski definition) is 0. The molecule has 0 fully saturated rings. The van der Waals surface area contributed by atoms with Gasteiger partial charge in [-0.15, -0.1) is 11.8 Å². The molecule has 0 aromatic rings. The maximum atomic E-state index is 3.66. The van der Waals surface area contributed by atoms with Crippen LogP contribution in [0.15, 0.2) is 47.3 Å². The van der Waals surface area contributed by atoms with Crippen molar-refractivity contribution in [3.05, 3.63) is 47.3 Å². The van der Waals surface area contributed by atoms with Crippen LogP contribution in [0, 0.1) is 0 Å². The first-order chi connectivity index (χ1) is 5.20. The Kier molecular flexibility index (Phi) is 5.67. The molecule has 0 radical (unpaired) electrons. The molecule has 0 saturated heterocycles. The Morgan fingerprint density at radius 3 is 1.64 bits per heavy atom. The van der Waals surface area contributed by atoms with Gasteiger partial charge in [0.15, 0.2) is 0 Å². The first-order valence-electron chi connectivity index (χ1n) is 3.44. The second-order valence-corrected chi connectivity index (χ2v) is 3.01. The second-order valence-electron chi connectivity index (χ2n) is 2.27. The van der Waals surface area contributed by atoms with Gasteiger partial charge < -0.3 is 0 Å². The molecular weight excluding hydrogens is 152 g/mol. The van der Waals surface area contributed by atoms with E-state index >= 15 is 0 Å². The van der Waals surface area contributed by atoms with Gasteiger partial charge in [0, 0.05) is 0 Å². The van der Waals surface area contributed by atoms with Crippen LogP contribution in [0.25, 0.3) is 0 Å². The van der Waals surface area contributed by atoms with Gasteiger partial charge in [-0.1, -0.05) is 25.3 Å². The number of allylic oxidation sites excluding steroid dienone is 4. The predicted octanol–water partition coefficient (Wildman–Crippen LogP) is 3.90. The molecule has 0 aromatic heterocycles. The van der Waals surface area contributed by atoms with Gasteiger partial charge in [0.1, 0.15) is 0 Å². The molecule has 0 aliphatic carbocycles. The van der Waals surface area contributed by atoms with Gasteiger partial charge >= 0.3 is 0 Å². The molecular formula is C10H14S. The maximum Gasteiger partial charge on any atom is -0.0219 e. The zero-order valence-electron chi connectivity index (χ0n) is 7.13. The summed E-state index contributed by atoms with van der Waals surface area (Å²) in [7, 11) is 0. The molecule has 0 aliphatic heterocycles. The van der Waals surface area contributed by atoms with E-state index in [-0.39, 0.29) is 0 Å². The predicted molar refractivity (Wildman–Crippen MR) is 55.5 cm³/mol. The van der Waals surface area contributed by atoms with E-state index in [4.69, 9.17) is 0 Å². The van der Waals surface area contributed by atoms with Crippen molar-refractivity contribution in [1.82, 2.24) is 0 Å². The SMILES string of the molecule is C=C/C(C)=C\S/C=C(\C)C=C. The van der Waals surface area contributed by atoms with E-state index in [9.17, 15) is 0 Å².